The molecule has 7 heteroatoms. The number of halogens is 1. The summed E-state index contributed by atoms with van der Waals surface area (Å²) in [6.45, 7) is 3.62. The van der Waals surface area contributed by atoms with Crippen LogP contribution in [0.1, 0.15) is 12.7 Å². The summed E-state index contributed by atoms with van der Waals surface area (Å²) in [6, 6.07) is 6.98. The number of H-pyrrole nitrogens is 1. The molecule has 19 heavy (non-hydrogen) atoms. The van der Waals surface area contributed by atoms with Crippen LogP contribution in [0, 0.1) is 6.92 Å². The Balaban J connectivity index is 1.94. The number of anilines is 1. The molecule has 1 amide bonds. The zero-order valence-corrected chi connectivity index (χ0v) is 12.0. The lowest BCUT2D eigenvalue weighted by Crippen LogP contribution is -2.22. The fourth-order valence-electron chi connectivity index (χ4n) is 1.36. The molecule has 0 fully saturated rings. The Hall–Kier alpha value is -1.53. The maximum Gasteiger partial charge on any atom is 0.237 e. The molecule has 2 rings (SSSR count). The number of nitrogens with zero attached hydrogens (tertiary/aromatic N) is 2. The molecule has 1 unspecified atom stereocenters. The second-order valence-electron chi connectivity index (χ2n) is 3.96. The number of carbonyl (C=O) groups excluding carboxylic acids is 1. The van der Waals surface area contributed by atoms with Gasteiger partial charge in [-0.1, -0.05) is 23.4 Å². The van der Waals surface area contributed by atoms with Crippen LogP contribution in [0.25, 0.3) is 0 Å². The third kappa shape index (κ3) is 3.97. The molecule has 2 N–H and O–H groups in total. The highest BCUT2D eigenvalue weighted by atomic mass is 35.5. The predicted octanol–water partition coefficient (Wildman–Crippen LogP) is 2.89. The molecule has 1 aromatic heterocycles. The summed E-state index contributed by atoms with van der Waals surface area (Å²) >= 11 is 7.09. The van der Waals surface area contributed by atoms with Crippen LogP contribution in [0.15, 0.2) is 29.4 Å². The molecule has 0 aliphatic heterocycles. The van der Waals surface area contributed by atoms with Crippen LogP contribution in [0.2, 0.25) is 5.02 Å². The normalized spacial score (nSPS) is 12.2. The Morgan fingerprint density at radius 2 is 2.11 bits per heavy atom. The lowest BCUT2D eigenvalue weighted by molar-refractivity contribution is -0.115. The lowest BCUT2D eigenvalue weighted by Gasteiger charge is -2.10. The molecule has 1 heterocycles. The van der Waals surface area contributed by atoms with E-state index in [9.17, 15) is 4.79 Å². The maximum atomic E-state index is 12.0. The highest BCUT2D eigenvalue weighted by Gasteiger charge is 2.16. The summed E-state index contributed by atoms with van der Waals surface area (Å²) in [7, 11) is 0. The number of amides is 1. The van der Waals surface area contributed by atoms with Gasteiger partial charge in [0.05, 0.1) is 5.25 Å². The second kappa shape index (κ2) is 6.08. The van der Waals surface area contributed by atoms with Crippen molar-refractivity contribution in [2.45, 2.75) is 24.3 Å². The number of carbonyl (C=O) groups is 1. The van der Waals surface area contributed by atoms with E-state index < -0.39 is 0 Å². The Bertz CT molecular complexity index is 569. The minimum atomic E-state index is -0.286. The maximum absolute atomic E-state index is 12.0. The van der Waals surface area contributed by atoms with Gasteiger partial charge in [0.15, 0.2) is 0 Å². The number of benzene rings is 1. The number of hydrogen-bond acceptors (Lipinski definition) is 4. The predicted molar refractivity (Wildman–Crippen MR) is 76.5 cm³/mol. The van der Waals surface area contributed by atoms with Crippen molar-refractivity contribution in [1.29, 1.82) is 0 Å². The first-order valence-electron chi connectivity index (χ1n) is 5.66. The highest BCUT2D eigenvalue weighted by Crippen LogP contribution is 2.21. The van der Waals surface area contributed by atoms with Gasteiger partial charge >= 0.3 is 0 Å². The molecule has 5 nitrogen and oxygen atoms in total. The van der Waals surface area contributed by atoms with Gasteiger partial charge < -0.3 is 5.32 Å². The first kappa shape index (κ1) is 13.9. The number of thioether (sulfide) groups is 1. The minimum absolute atomic E-state index is 0.102. The summed E-state index contributed by atoms with van der Waals surface area (Å²) < 4.78 is 0. The Morgan fingerprint density at radius 3 is 2.68 bits per heavy atom. The van der Waals surface area contributed by atoms with Crippen LogP contribution in [-0.4, -0.2) is 26.3 Å². The number of aryl methyl sites for hydroxylation is 1. The Morgan fingerprint density at radius 1 is 1.42 bits per heavy atom. The number of nitrogens with one attached hydrogen (secondary N) is 2. The molecule has 0 aliphatic carbocycles. The highest BCUT2D eigenvalue weighted by molar-refractivity contribution is 8.00. The second-order valence-corrected chi connectivity index (χ2v) is 5.70. The van der Waals surface area contributed by atoms with E-state index in [2.05, 4.69) is 20.5 Å². The van der Waals surface area contributed by atoms with E-state index in [0.717, 1.165) is 5.82 Å². The van der Waals surface area contributed by atoms with Gasteiger partial charge in [0.2, 0.25) is 11.1 Å². The Kier molecular flexibility index (Phi) is 4.44. The largest absolute Gasteiger partial charge is 0.325 e. The molecular formula is C12H13ClN4OS. The molecule has 0 spiro atoms. The van der Waals surface area contributed by atoms with Gasteiger partial charge in [-0.2, -0.15) is 0 Å². The van der Waals surface area contributed by atoms with Gasteiger partial charge in [-0.3, -0.25) is 9.89 Å². The number of aromatic nitrogens is 3. The smallest absolute Gasteiger partial charge is 0.237 e. The molecule has 100 valence electrons. The van der Waals surface area contributed by atoms with E-state index in [4.69, 9.17) is 11.6 Å². The van der Waals surface area contributed by atoms with Crippen LogP contribution < -0.4 is 5.32 Å². The van der Waals surface area contributed by atoms with Crippen LogP contribution >= 0.6 is 23.4 Å². The van der Waals surface area contributed by atoms with Gasteiger partial charge in [-0.05, 0) is 38.1 Å². The van der Waals surface area contributed by atoms with Crippen LogP contribution in [-0.2, 0) is 4.79 Å². The van der Waals surface area contributed by atoms with Crippen molar-refractivity contribution in [3.05, 3.63) is 35.1 Å². The molecule has 0 saturated heterocycles. The summed E-state index contributed by atoms with van der Waals surface area (Å²) in [5, 5.41) is 10.5. The SMILES string of the molecule is Cc1nc(SC(C)C(=O)Nc2ccc(Cl)cc2)n[nH]1. The summed E-state index contributed by atoms with van der Waals surface area (Å²) in [6.07, 6.45) is 0. The van der Waals surface area contributed by atoms with E-state index in [1.54, 1.807) is 24.3 Å². The van der Waals surface area contributed by atoms with Gasteiger partial charge in [0, 0.05) is 10.7 Å². The zero-order chi connectivity index (χ0) is 13.8. The number of aromatic amines is 1. The van der Waals surface area contributed by atoms with Crippen molar-refractivity contribution in [1.82, 2.24) is 15.2 Å². The molecule has 1 atom stereocenters. The third-order valence-electron chi connectivity index (χ3n) is 2.34. The number of hydrogen-bond donors (Lipinski definition) is 2. The van der Waals surface area contributed by atoms with Crippen molar-refractivity contribution >= 4 is 35.0 Å². The van der Waals surface area contributed by atoms with E-state index in [1.807, 2.05) is 13.8 Å². The van der Waals surface area contributed by atoms with E-state index in [0.29, 0.717) is 15.9 Å². The topological polar surface area (TPSA) is 70.7 Å². The van der Waals surface area contributed by atoms with Gasteiger partial charge in [0.25, 0.3) is 0 Å². The van der Waals surface area contributed by atoms with Gasteiger partial charge in [-0.15, -0.1) is 5.10 Å². The van der Waals surface area contributed by atoms with Crippen LogP contribution in [0.3, 0.4) is 0 Å². The first-order valence-corrected chi connectivity index (χ1v) is 6.92. The van der Waals surface area contributed by atoms with Crippen LogP contribution in [0.5, 0.6) is 0 Å². The van der Waals surface area contributed by atoms with Gasteiger partial charge in [0.1, 0.15) is 5.82 Å². The molecule has 1 aromatic carbocycles. The fourth-order valence-corrected chi connectivity index (χ4v) is 2.26. The average Bonchev–Trinajstić information content (AvgIpc) is 2.77. The van der Waals surface area contributed by atoms with E-state index >= 15 is 0 Å². The average molecular weight is 297 g/mol. The minimum Gasteiger partial charge on any atom is -0.325 e. The number of rotatable bonds is 4. The van der Waals surface area contributed by atoms with Crippen molar-refractivity contribution in [3.63, 3.8) is 0 Å². The van der Waals surface area contributed by atoms with Crippen LogP contribution in [0.4, 0.5) is 5.69 Å². The summed E-state index contributed by atoms with van der Waals surface area (Å²) in [4.78, 5) is 16.1. The third-order valence-corrected chi connectivity index (χ3v) is 3.55. The molecule has 0 radical (unpaired) electrons. The summed E-state index contributed by atoms with van der Waals surface area (Å²) in [5.41, 5.74) is 0.716. The fraction of sp³-hybridized carbons (Fsp3) is 0.250. The van der Waals surface area contributed by atoms with Crippen molar-refractivity contribution in [3.8, 4) is 0 Å². The molecule has 0 saturated carbocycles. The van der Waals surface area contributed by atoms with Crippen molar-refractivity contribution in [2.24, 2.45) is 0 Å². The molecule has 2 aromatic rings. The van der Waals surface area contributed by atoms with E-state index in [1.165, 1.54) is 11.8 Å². The quantitative estimate of drug-likeness (QED) is 0.851. The first-order chi connectivity index (χ1) is 9.04. The van der Waals surface area contributed by atoms with Crippen molar-refractivity contribution < 1.29 is 4.79 Å². The van der Waals surface area contributed by atoms with Gasteiger partial charge in [-0.25, -0.2) is 4.98 Å². The monoisotopic (exact) mass is 296 g/mol. The molecule has 0 bridgehead atoms. The Labute approximate surface area is 120 Å². The summed E-state index contributed by atoms with van der Waals surface area (Å²) in [5.74, 6) is 0.627. The standard InChI is InChI=1S/C12H13ClN4OS/c1-7(19-12-14-8(2)16-17-12)11(18)15-10-5-3-9(13)4-6-10/h3-7H,1-2H3,(H,15,18)(H,14,16,17). The molecule has 0 aliphatic rings. The van der Waals surface area contributed by atoms with Crippen molar-refractivity contribution in [2.75, 3.05) is 5.32 Å². The lowest BCUT2D eigenvalue weighted by atomic mass is 10.3. The zero-order valence-electron chi connectivity index (χ0n) is 10.5. The van der Waals surface area contributed by atoms with E-state index in [-0.39, 0.29) is 11.2 Å². The molecular weight excluding hydrogens is 284 g/mol.